The number of likely N-dealkylation sites (tertiary alicyclic amines) is 1. The molecule has 5 rings (SSSR count). The molecule has 0 amide bonds. The number of amidine groups is 1. The van der Waals surface area contributed by atoms with Crippen molar-refractivity contribution >= 4 is 16.9 Å². The van der Waals surface area contributed by atoms with Crippen molar-refractivity contribution in [3.05, 3.63) is 100 Å². The number of halogens is 3. The van der Waals surface area contributed by atoms with E-state index >= 15 is 0 Å². The van der Waals surface area contributed by atoms with Gasteiger partial charge in [-0.2, -0.15) is 5.10 Å². The van der Waals surface area contributed by atoms with Crippen molar-refractivity contribution in [3.8, 4) is 5.75 Å². The Hall–Kier alpha value is -4.29. The SMILES string of the molecule is N/N=C(/C(c1ccccc1OC(F)(F)F)N1CCC(n2c(=O)[nH]c3ccccc32)CC1)N(N)Cc1ccccc1. The molecule has 1 atom stereocenters. The second-order valence-corrected chi connectivity index (χ2v) is 9.67. The lowest BCUT2D eigenvalue weighted by Crippen LogP contribution is -2.49. The van der Waals surface area contributed by atoms with Crippen molar-refractivity contribution < 1.29 is 17.9 Å². The van der Waals surface area contributed by atoms with Crippen LogP contribution in [0.1, 0.15) is 36.1 Å². The van der Waals surface area contributed by atoms with Gasteiger partial charge in [0.05, 0.1) is 17.6 Å². The molecule has 0 spiro atoms. The molecule has 3 aromatic carbocycles. The lowest BCUT2D eigenvalue weighted by Gasteiger charge is -2.40. The van der Waals surface area contributed by atoms with Crippen LogP contribution in [0.4, 0.5) is 13.2 Å². The Bertz CT molecular complexity index is 1530. The summed E-state index contributed by atoms with van der Waals surface area (Å²) in [5.41, 5.74) is 2.48. The monoisotopic (exact) mass is 553 g/mol. The Morgan fingerprint density at radius 2 is 1.68 bits per heavy atom. The van der Waals surface area contributed by atoms with Gasteiger partial charge in [-0.25, -0.2) is 10.6 Å². The second-order valence-electron chi connectivity index (χ2n) is 9.67. The van der Waals surface area contributed by atoms with Crippen molar-refractivity contribution in [2.75, 3.05) is 13.1 Å². The van der Waals surface area contributed by atoms with Crippen LogP contribution in [0.3, 0.4) is 0 Å². The number of imidazole rings is 1. The minimum absolute atomic E-state index is 0.0983. The van der Waals surface area contributed by atoms with Crippen LogP contribution in [-0.4, -0.2) is 44.7 Å². The van der Waals surface area contributed by atoms with E-state index in [-0.39, 0.29) is 35.4 Å². The van der Waals surface area contributed by atoms with E-state index in [2.05, 4.69) is 14.8 Å². The van der Waals surface area contributed by atoms with Gasteiger partial charge in [0.25, 0.3) is 0 Å². The predicted molar refractivity (Wildman–Crippen MR) is 146 cm³/mol. The van der Waals surface area contributed by atoms with Gasteiger partial charge in [0.15, 0.2) is 5.84 Å². The fraction of sp³-hybridized carbons (Fsp3) is 0.286. The molecule has 1 fully saturated rings. The molecule has 0 saturated carbocycles. The van der Waals surface area contributed by atoms with Crippen LogP contribution in [0.5, 0.6) is 5.75 Å². The highest BCUT2D eigenvalue weighted by Crippen LogP contribution is 2.37. The molecule has 0 bridgehead atoms. The van der Waals surface area contributed by atoms with Crippen molar-refractivity contribution in [3.63, 3.8) is 0 Å². The number of hydrazine groups is 1. The summed E-state index contributed by atoms with van der Waals surface area (Å²) in [4.78, 5) is 17.7. The zero-order valence-corrected chi connectivity index (χ0v) is 21.6. The Kier molecular flexibility index (Phi) is 7.81. The molecule has 0 aliphatic carbocycles. The topological polar surface area (TPSA) is 118 Å². The fourth-order valence-electron chi connectivity index (χ4n) is 5.43. The molecule has 1 aliphatic heterocycles. The third-order valence-electron chi connectivity index (χ3n) is 7.16. The first-order valence-electron chi connectivity index (χ1n) is 12.9. The van der Waals surface area contributed by atoms with Gasteiger partial charge in [-0.05, 0) is 36.6 Å². The number of hydrogen-bond acceptors (Lipinski definition) is 6. The fourth-order valence-corrected chi connectivity index (χ4v) is 5.43. The number of nitrogens with one attached hydrogen (secondary N) is 1. The number of H-pyrrole nitrogens is 1. The highest BCUT2D eigenvalue weighted by molar-refractivity contribution is 5.88. The molecular weight excluding hydrogens is 523 g/mol. The van der Waals surface area contributed by atoms with Gasteiger partial charge in [-0.1, -0.05) is 60.7 Å². The first-order valence-corrected chi connectivity index (χ1v) is 12.9. The number of para-hydroxylation sites is 3. The third kappa shape index (κ3) is 5.82. The molecule has 9 nitrogen and oxygen atoms in total. The molecule has 12 heteroatoms. The normalized spacial score (nSPS) is 16.2. The Balaban J connectivity index is 1.47. The first kappa shape index (κ1) is 27.3. The summed E-state index contributed by atoms with van der Waals surface area (Å²) in [7, 11) is 0. The minimum Gasteiger partial charge on any atom is -0.405 e. The van der Waals surface area contributed by atoms with Gasteiger partial charge in [0, 0.05) is 24.7 Å². The first-order chi connectivity index (χ1) is 19.2. The van der Waals surface area contributed by atoms with E-state index in [0.29, 0.717) is 25.9 Å². The number of benzene rings is 3. The number of nitrogens with zero attached hydrogens (tertiary/aromatic N) is 4. The number of aromatic nitrogens is 2. The number of alkyl halides is 3. The lowest BCUT2D eigenvalue weighted by molar-refractivity contribution is -0.275. The summed E-state index contributed by atoms with van der Waals surface area (Å²) in [6.45, 7) is 1.12. The quantitative estimate of drug-likeness (QED) is 0.136. The van der Waals surface area contributed by atoms with Crippen LogP contribution >= 0.6 is 0 Å². The summed E-state index contributed by atoms with van der Waals surface area (Å²) in [5.74, 6) is 12.1. The number of aromatic amines is 1. The van der Waals surface area contributed by atoms with Crippen LogP contribution in [0.2, 0.25) is 0 Å². The van der Waals surface area contributed by atoms with Crippen LogP contribution < -0.4 is 22.1 Å². The maximum atomic E-state index is 13.4. The average molecular weight is 554 g/mol. The number of fused-ring (bicyclic) bond motifs is 1. The zero-order chi connectivity index (χ0) is 28.3. The summed E-state index contributed by atoms with van der Waals surface area (Å²) in [6.07, 6.45) is -3.75. The van der Waals surface area contributed by atoms with Gasteiger partial charge in [-0.3, -0.25) is 14.5 Å². The maximum Gasteiger partial charge on any atom is 0.573 e. The van der Waals surface area contributed by atoms with E-state index in [9.17, 15) is 18.0 Å². The van der Waals surface area contributed by atoms with Crippen molar-refractivity contribution in [2.24, 2.45) is 16.8 Å². The number of hydrazone groups is 1. The third-order valence-corrected chi connectivity index (χ3v) is 7.16. The van der Waals surface area contributed by atoms with Crippen LogP contribution in [0.15, 0.2) is 88.8 Å². The van der Waals surface area contributed by atoms with Gasteiger partial charge in [-0.15, -0.1) is 13.2 Å². The van der Waals surface area contributed by atoms with E-state index in [1.54, 1.807) is 16.7 Å². The van der Waals surface area contributed by atoms with E-state index in [4.69, 9.17) is 11.7 Å². The highest BCUT2D eigenvalue weighted by Gasteiger charge is 2.38. The van der Waals surface area contributed by atoms with E-state index < -0.39 is 12.4 Å². The predicted octanol–water partition coefficient (Wildman–Crippen LogP) is 4.25. The lowest BCUT2D eigenvalue weighted by atomic mass is 9.97. The number of ether oxygens (including phenoxy) is 1. The zero-order valence-electron chi connectivity index (χ0n) is 21.6. The van der Waals surface area contributed by atoms with Gasteiger partial charge < -0.3 is 15.6 Å². The molecule has 0 radical (unpaired) electrons. The minimum atomic E-state index is -4.89. The molecule has 1 saturated heterocycles. The number of nitrogens with two attached hydrogens (primary N) is 2. The number of piperidine rings is 1. The molecular formula is C28H30F3N7O2. The van der Waals surface area contributed by atoms with Gasteiger partial charge >= 0.3 is 12.1 Å². The van der Waals surface area contributed by atoms with E-state index in [1.165, 1.54) is 17.1 Å². The van der Waals surface area contributed by atoms with Crippen molar-refractivity contribution in [1.82, 2.24) is 19.5 Å². The largest absolute Gasteiger partial charge is 0.573 e. The Labute approximate surface area is 228 Å². The molecule has 210 valence electrons. The Morgan fingerprint density at radius 3 is 2.38 bits per heavy atom. The second kappa shape index (κ2) is 11.4. The Morgan fingerprint density at radius 1 is 1.02 bits per heavy atom. The maximum absolute atomic E-state index is 13.4. The van der Waals surface area contributed by atoms with Crippen LogP contribution in [-0.2, 0) is 6.54 Å². The van der Waals surface area contributed by atoms with E-state index in [0.717, 1.165) is 16.6 Å². The smallest absolute Gasteiger partial charge is 0.405 e. The van der Waals surface area contributed by atoms with Crippen molar-refractivity contribution in [1.29, 1.82) is 0 Å². The van der Waals surface area contributed by atoms with Crippen molar-refractivity contribution in [2.45, 2.75) is 37.8 Å². The van der Waals surface area contributed by atoms with Gasteiger partial charge in [0.2, 0.25) is 0 Å². The number of rotatable bonds is 7. The number of hydrogen-bond donors (Lipinski definition) is 3. The summed E-state index contributed by atoms with van der Waals surface area (Å²) in [5, 5.41) is 5.32. The van der Waals surface area contributed by atoms with E-state index in [1.807, 2.05) is 59.5 Å². The molecule has 1 aromatic heterocycles. The van der Waals surface area contributed by atoms with Crippen LogP contribution in [0.25, 0.3) is 11.0 Å². The summed E-state index contributed by atoms with van der Waals surface area (Å²) < 4.78 is 46.3. The molecule has 40 heavy (non-hydrogen) atoms. The molecule has 1 unspecified atom stereocenters. The average Bonchev–Trinajstić information content (AvgIpc) is 3.27. The summed E-state index contributed by atoms with van der Waals surface area (Å²) >= 11 is 0. The van der Waals surface area contributed by atoms with Crippen LogP contribution in [0, 0.1) is 0 Å². The van der Waals surface area contributed by atoms with Gasteiger partial charge in [0.1, 0.15) is 11.8 Å². The molecule has 4 aromatic rings. The standard InChI is InChI=1S/C28H30F3N7O2/c29-28(30,31)40-24-13-7-4-10-21(24)25(26(35-32)37(33)18-19-8-2-1-3-9-19)36-16-14-20(15-17-36)38-23-12-6-5-11-22(23)34-27(38)39/h1-13,20,25H,14-18,32-33H2,(H,34,39)/b35-26-. The molecule has 2 heterocycles. The molecule has 5 N–H and O–H groups in total. The summed E-state index contributed by atoms with van der Waals surface area (Å²) in [6, 6.07) is 21.8. The highest BCUT2D eigenvalue weighted by atomic mass is 19.4. The molecule has 1 aliphatic rings.